The van der Waals surface area contributed by atoms with Gasteiger partial charge in [0.25, 0.3) is 0 Å². The van der Waals surface area contributed by atoms with Crippen LogP contribution in [0.25, 0.3) is 10.6 Å². The van der Waals surface area contributed by atoms with Crippen molar-refractivity contribution >= 4 is 34.4 Å². The molecule has 136 valence electrons. The second-order valence-corrected chi connectivity index (χ2v) is 9.89. The molecule has 4 bridgehead atoms. The molecular weight excluding hydrogens is 366 g/mol. The van der Waals surface area contributed by atoms with Crippen LogP contribution in [-0.4, -0.2) is 23.3 Å². The van der Waals surface area contributed by atoms with Crippen molar-refractivity contribution in [2.75, 3.05) is 6.61 Å². The highest BCUT2D eigenvalue weighted by Crippen LogP contribution is 2.60. The predicted octanol–water partition coefficient (Wildman–Crippen LogP) is 4.81. The molecule has 4 fully saturated rings. The van der Waals surface area contributed by atoms with E-state index < -0.39 is 5.97 Å². The molecule has 2 aromatic rings. The Morgan fingerprint density at radius 2 is 1.81 bits per heavy atom. The van der Waals surface area contributed by atoms with Crippen molar-refractivity contribution in [1.82, 2.24) is 4.98 Å². The number of nitrogens with zero attached hydrogens (tertiary/aromatic N) is 1. The van der Waals surface area contributed by atoms with Gasteiger partial charge >= 0.3 is 5.97 Å². The predicted molar refractivity (Wildman–Crippen MR) is 101 cm³/mol. The van der Waals surface area contributed by atoms with E-state index in [-0.39, 0.29) is 17.8 Å². The molecule has 4 saturated carbocycles. The average molecular weight is 388 g/mol. The zero-order chi connectivity index (χ0) is 17.7. The standard InChI is InChI=1S/C20H21NO3S2/c22-17(20-6-12-3-13(7-20)5-14(4-12)8-20)9-24-19(23)16-11-26-18(21-16)15-1-2-25-10-15/h1-2,10-14H,3-9H2. The highest BCUT2D eigenvalue weighted by molar-refractivity contribution is 7.14. The molecule has 6 rings (SSSR count). The largest absolute Gasteiger partial charge is 0.453 e. The van der Waals surface area contributed by atoms with Crippen LogP contribution in [0.2, 0.25) is 0 Å². The fourth-order valence-electron chi connectivity index (χ4n) is 5.70. The summed E-state index contributed by atoms with van der Waals surface area (Å²) in [6.07, 6.45) is 6.93. The Morgan fingerprint density at radius 1 is 1.12 bits per heavy atom. The second-order valence-electron chi connectivity index (χ2n) is 8.25. The van der Waals surface area contributed by atoms with Crippen molar-refractivity contribution in [2.45, 2.75) is 38.5 Å². The molecule has 0 unspecified atom stereocenters. The third-order valence-corrected chi connectivity index (χ3v) is 8.02. The highest BCUT2D eigenvalue weighted by atomic mass is 32.1. The van der Waals surface area contributed by atoms with Gasteiger partial charge in [0, 0.05) is 21.7 Å². The minimum Gasteiger partial charge on any atom is -0.453 e. The molecule has 0 spiro atoms. The maximum atomic E-state index is 12.9. The average Bonchev–Trinajstić information content (AvgIpc) is 3.29. The Morgan fingerprint density at radius 3 is 2.42 bits per heavy atom. The third kappa shape index (κ3) is 2.83. The van der Waals surface area contributed by atoms with E-state index in [0.29, 0.717) is 23.4 Å². The SMILES string of the molecule is O=C(OCC(=O)C12CC3CC(CC(C3)C1)C2)c1csc(-c2ccsc2)n1. The van der Waals surface area contributed by atoms with E-state index in [4.69, 9.17) is 4.74 Å². The number of carbonyl (C=O) groups excluding carboxylic acids is 2. The quantitative estimate of drug-likeness (QED) is 0.691. The number of carbonyl (C=O) groups is 2. The summed E-state index contributed by atoms with van der Waals surface area (Å²) in [5.41, 5.74) is 1.11. The van der Waals surface area contributed by atoms with Crippen LogP contribution in [0.1, 0.15) is 49.0 Å². The maximum Gasteiger partial charge on any atom is 0.358 e. The summed E-state index contributed by atoms with van der Waals surface area (Å²) in [5, 5.41) is 6.51. The van der Waals surface area contributed by atoms with E-state index >= 15 is 0 Å². The Bertz CT molecular complexity index is 804. The van der Waals surface area contributed by atoms with Crippen LogP contribution in [0.3, 0.4) is 0 Å². The number of esters is 1. The molecule has 0 aromatic carbocycles. The number of Topliss-reactive ketones (excluding diaryl/α,β-unsaturated/α-hetero) is 1. The van der Waals surface area contributed by atoms with Crippen molar-refractivity contribution < 1.29 is 14.3 Å². The molecule has 0 amide bonds. The minimum atomic E-state index is -0.485. The first-order chi connectivity index (χ1) is 12.6. The van der Waals surface area contributed by atoms with Gasteiger partial charge in [0.05, 0.1) is 0 Å². The van der Waals surface area contributed by atoms with Crippen LogP contribution in [0.15, 0.2) is 22.2 Å². The number of aromatic nitrogens is 1. The van der Waals surface area contributed by atoms with Crippen molar-refractivity contribution in [1.29, 1.82) is 0 Å². The van der Waals surface area contributed by atoms with Gasteiger partial charge in [-0.2, -0.15) is 11.3 Å². The lowest BCUT2D eigenvalue weighted by molar-refractivity contribution is -0.147. The second kappa shape index (κ2) is 6.27. The number of ketones is 1. The molecular formula is C20H21NO3S2. The van der Waals surface area contributed by atoms with E-state index in [1.54, 1.807) is 16.7 Å². The van der Waals surface area contributed by atoms with Gasteiger partial charge in [-0.3, -0.25) is 4.79 Å². The minimum absolute atomic E-state index is 0.101. The lowest BCUT2D eigenvalue weighted by atomic mass is 9.48. The van der Waals surface area contributed by atoms with Gasteiger partial charge in [0.2, 0.25) is 0 Å². The molecule has 0 N–H and O–H groups in total. The van der Waals surface area contributed by atoms with Crippen LogP contribution in [0.5, 0.6) is 0 Å². The monoisotopic (exact) mass is 387 g/mol. The number of ether oxygens (including phenoxy) is 1. The van der Waals surface area contributed by atoms with E-state index in [0.717, 1.165) is 29.8 Å². The highest BCUT2D eigenvalue weighted by Gasteiger charge is 2.54. The molecule has 4 aliphatic carbocycles. The van der Waals surface area contributed by atoms with Gasteiger partial charge in [0.15, 0.2) is 18.1 Å². The topological polar surface area (TPSA) is 56.3 Å². The molecule has 2 heterocycles. The summed E-state index contributed by atoms with van der Waals surface area (Å²) in [7, 11) is 0. The Balaban J connectivity index is 1.24. The Kier molecular flexibility index (Phi) is 4.01. The molecule has 6 heteroatoms. The van der Waals surface area contributed by atoms with E-state index in [2.05, 4.69) is 4.98 Å². The lowest BCUT2D eigenvalue weighted by Gasteiger charge is -2.55. The molecule has 0 aliphatic heterocycles. The summed E-state index contributed by atoms with van der Waals surface area (Å²) in [6.45, 7) is -0.101. The Hall–Kier alpha value is -1.53. The first-order valence-electron chi connectivity index (χ1n) is 9.30. The van der Waals surface area contributed by atoms with Crippen LogP contribution in [0.4, 0.5) is 0 Å². The Labute approximate surface area is 160 Å². The normalized spacial score (nSPS) is 31.9. The van der Waals surface area contributed by atoms with Gasteiger partial charge in [-0.15, -0.1) is 11.3 Å². The zero-order valence-corrected chi connectivity index (χ0v) is 16.1. The first kappa shape index (κ1) is 16.6. The number of thiophene rings is 1. The van der Waals surface area contributed by atoms with Crippen molar-refractivity contribution in [3.63, 3.8) is 0 Å². The first-order valence-corrected chi connectivity index (χ1v) is 11.1. The lowest BCUT2D eigenvalue weighted by Crippen LogP contribution is -2.51. The van der Waals surface area contributed by atoms with Crippen molar-refractivity contribution in [3.8, 4) is 10.6 Å². The molecule has 2 aromatic heterocycles. The van der Waals surface area contributed by atoms with Crippen LogP contribution in [-0.2, 0) is 9.53 Å². The number of hydrogen-bond acceptors (Lipinski definition) is 6. The summed E-state index contributed by atoms with van der Waals surface area (Å²) < 4.78 is 5.37. The van der Waals surface area contributed by atoms with Gasteiger partial charge in [-0.25, -0.2) is 9.78 Å². The summed E-state index contributed by atoms with van der Waals surface area (Å²) in [4.78, 5) is 29.6. The molecule has 4 nitrogen and oxygen atoms in total. The zero-order valence-electron chi connectivity index (χ0n) is 14.5. The van der Waals surface area contributed by atoms with Gasteiger partial charge in [-0.1, -0.05) is 0 Å². The van der Waals surface area contributed by atoms with Crippen LogP contribution >= 0.6 is 22.7 Å². The number of thiazole rings is 1. The van der Waals surface area contributed by atoms with Crippen molar-refractivity contribution in [2.24, 2.45) is 23.2 Å². The summed E-state index contributed by atoms with van der Waals surface area (Å²) in [6, 6.07) is 1.98. The van der Waals surface area contributed by atoms with Crippen molar-refractivity contribution in [3.05, 3.63) is 27.9 Å². The molecule has 0 radical (unpaired) electrons. The fourth-order valence-corrected chi connectivity index (χ4v) is 7.20. The number of hydrogen-bond donors (Lipinski definition) is 0. The molecule has 4 aliphatic rings. The van der Waals surface area contributed by atoms with Crippen LogP contribution in [0, 0.1) is 23.2 Å². The molecule has 0 atom stereocenters. The molecule has 0 saturated heterocycles. The summed E-state index contributed by atoms with van der Waals surface area (Å²) in [5.74, 6) is 1.80. The smallest absolute Gasteiger partial charge is 0.358 e. The van der Waals surface area contributed by atoms with E-state index in [1.807, 2.05) is 16.8 Å². The van der Waals surface area contributed by atoms with Crippen LogP contribution < -0.4 is 0 Å². The van der Waals surface area contributed by atoms with E-state index in [9.17, 15) is 9.59 Å². The molecule has 26 heavy (non-hydrogen) atoms. The summed E-state index contributed by atoms with van der Waals surface area (Å²) >= 11 is 3.03. The van der Waals surface area contributed by atoms with Gasteiger partial charge in [-0.05, 0) is 67.7 Å². The van der Waals surface area contributed by atoms with Gasteiger partial charge < -0.3 is 4.74 Å². The maximum absolute atomic E-state index is 12.9. The van der Waals surface area contributed by atoms with E-state index in [1.165, 1.54) is 30.6 Å². The van der Waals surface area contributed by atoms with Gasteiger partial charge in [0.1, 0.15) is 5.01 Å². The number of rotatable bonds is 5. The third-order valence-electron chi connectivity index (χ3n) is 6.45. The fraction of sp³-hybridized carbons (Fsp3) is 0.550.